The molecule has 0 amide bonds. The van der Waals surface area contributed by atoms with E-state index in [0.717, 1.165) is 5.56 Å². The first-order valence-corrected chi connectivity index (χ1v) is 6.43. The van der Waals surface area contributed by atoms with Gasteiger partial charge in [0.25, 0.3) is 0 Å². The molecule has 0 atom stereocenters. The van der Waals surface area contributed by atoms with E-state index in [0.29, 0.717) is 15.8 Å². The summed E-state index contributed by atoms with van der Waals surface area (Å²) in [6.07, 6.45) is 0. The van der Waals surface area contributed by atoms with Gasteiger partial charge in [-0.15, -0.1) is 0 Å². The van der Waals surface area contributed by atoms with E-state index >= 15 is 0 Å². The number of aryl methyl sites for hydroxylation is 1. The minimum absolute atomic E-state index is 0.122. The maximum Gasteiger partial charge on any atom is 0.312 e. The molecule has 0 fully saturated rings. The normalized spacial score (nSPS) is 9.85. The average Bonchev–Trinajstić information content (AvgIpc) is 2.42. The molecule has 2 aromatic rings. The van der Waals surface area contributed by atoms with Gasteiger partial charge in [0, 0.05) is 10.5 Å². The molecule has 0 unspecified atom stereocenters. The Bertz CT molecular complexity index is 723. The molecule has 0 aliphatic heterocycles. The van der Waals surface area contributed by atoms with Crippen LogP contribution in [0.3, 0.4) is 0 Å². The van der Waals surface area contributed by atoms with E-state index in [1.807, 2.05) is 6.07 Å². The number of hydrogen-bond acceptors (Lipinski definition) is 4. The number of nitro groups is 1. The van der Waals surface area contributed by atoms with Crippen molar-refractivity contribution < 1.29 is 9.66 Å². The lowest BCUT2D eigenvalue weighted by Crippen LogP contribution is -1.95. The van der Waals surface area contributed by atoms with Gasteiger partial charge < -0.3 is 4.74 Å². The molecule has 0 aliphatic rings. The molecule has 0 saturated carbocycles. The Morgan fingerprint density at radius 1 is 1.25 bits per heavy atom. The highest BCUT2D eigenvalue weighted by Gasteiger charge is 2.17. The highest BCUT2D eigenvalue weighted by Crippen LogP contribution is 2.34. The summed E-state index contributed by atoms with van der Waals surface area (Å²) in [7, 11) is 0. The summed E-state index contributed by atoms with van der Waals surface area (Å²) >= 11 is 3.19. The second-order valence-corrected chi connectivity index (χ2v) is 4.98. The summed E-state index contributed by atoms with van der Waals surface area (Å²) in [6, 6.07) is 11.5. The van der Waals surface area contributed by atoms with Crippen molar-refractivity contribution in [1.82, 2.24) is 0 Å². The lowest BCUT2D eigenvalue weighted by Gasteiger charge is -2.09. The third kappa shape index (κ3) is 2.95. The summed E-state index contributed by atoms with van der Waals surface area (Å²) in [5.41, 5.74) is 1.13. The zero-order chi connectivity index (χ0) is 14.7. The van der Waals surface area contributed by atoms with Gasteiger partial charge in [-0.25, -0.2) is 0 Å². The van der Waals surface area contributed by atoms with Crippen molar-refractivity contribution in [1.29, 1.82) is 5.26 Å². The van der Waals surface area contributed by atoms with Crippen LogP contribution in [0.1, 0.15) is 11.1 Å². The van der Waals surface area contributed by atoms with E-state index in [4.69, 9.17) is 10.00 Å². The molecule has 0 N–H and O–H groups in total. The number of rotatable bonds is 3. The van der Waals surface area contributed by atoms with Crippen LogP contribution in [0.25, 0.3) is 0 Å². The number of benzene rings is 2. The minimum Gasteiger partial charge on any atom is -0.450 e. The fourth-order valence-corrected chi connectivity index (χ4v) is 2.02. The number of nitriles is 1. The highest BCUT2D eigenvalue weighted by molar-refractivity contribution is 9.10. The first-order valence-electron chi connectivity index (χ1n) is 5.64. The van der Waals surface area contributed by atoms with Crippen molar-refractivity contribution >= 4 is 21.6 Å². The Morgan fingerprint density at radius 3 is 2.55 bits per heavy atom. The molecular weight excluding hydrogens is 324 g/mol. The summed E-state index contributed by atoms with van der Waals surface area (Å²) < 4.78 is 6.19. The van der Waals surface area contributed by atoms with Crippen LogP contribution in [0.4, 0.5) is 5.69 Å². The lowest BCUT2D eigenvalue weighted by molar-refractivity contribution is -0.385. The third-order valence-electron chi connectivity index (χ3n) is 2.64. The Balaban J connectivity index is 2.40. The topological polar surface area (TPSA) is 76.2 Å². The van der Waals surface area contributed by atoms with E-state index in [1.165, 1.54) is 12.1 Å². The Labute approximate surface area is 123 Å². The fourth-order valence-electron chi connectivity index (χ4n) is 1.67. The second-order valence-electron chi connectivity index (χ2n) is 4.06. The molecule has 2 rings (SSSR count). The lowest BCUT2D eigenvalue weighted by atomic mass is 10.1. The van der Waals surface area contributed by atoms with Crippen LogP contribution >= 0.6 is 15.9 Å². The Kier molecular flexibility index (Phi) is 4.01. The van der Waals surface area contributed by atoms with Gasteiger partial charge in [-0.2, -0.15) is 5.26 Å². The minimum atomic E-state index is -0.501. The number of nitrogens with zero attached hydrogens (tertiary/aromatic N) is 2. The first-order chi connectivity index (χ1) is 9.51. The van der Waals surface area contributed by atoms with Gasteiger partial charge in [-0.3, -0.25) is 10.1 Å². The first kappa shape index (κ1) is 14.0. The van der Waals surface area contributed by atoms with Crippen LogP contribution in [-0.4, -0.2) is 4.92 Å². The number of halogens is 1. The van der Waals surface area contributed by atoms with Crippen molar-refractivity contribution in [2.45, 2.75) is 6.92 Å². The van der Waals surface area contributed by atoms with Crippen LogP contribution in [-0.2, 0) is 0 Å². The van der Waals surface area contributed by atoms with Gasteiger partial charge >= 0.3 is 5.69 Å². The average molecular weight is 333 g/mol. The number of ether oxygens (including phenoxy) is 1. The summed E-state index contributed by atoms with van der Waals surface area (Å²) in [5, 5.41) is 19.8. The molecular formula is C14H9BrN2O3. The molecule has 5 nitrogen and oxygen atoms in total. The Hall–Kier alpha value is -2.39. The van der Waals surface area contributed by atoms with E-state index in [2.05, 4.69) is 15.9 Å². The van der Waals surface area contributed by atoms with Crippen molar-refractivity contribution in [2.75, 3.05) is 0 Å². The van der Waals surface area contributed by atoms with Crippen molar-refractivity contribution in [3.8, 4) is 17.6 Å². The molecule has 0 aromatic heterocycles. The van der Waals surface area contributed by atoms with Crippen LogP contribution < -0.4 is 4.74 Å². The molecule has 0 heterocycles. The van der Waals surface area contributed by atoms with Crippen LogP contribution in [0.2, 0.25) is 0 Å². The van der Waals surface area contributed by atoms with E-state index < -0.39 is 4.92 Å². The van der Waals surface area contributed by atoms with Crippen LogP contribution in [0, 0.1) is 28.4 Å². The molecule has 0 aliphatic carbocycles. The van der Waals surface area contributed by atoms with E-state index in [9.17, 15) is 10.1 Å². The largest absolute Gasteiger partial charge is 0.450 e. The SMILES string of the molecule is Cc1cc(C#N)ccc1Oc1ccc(Br)cc1[N+](=O)[O-]. The summed E-state index contributed by atoms with van der Waals surface area (Å²) in [5.74, 6) is 0.639. The zero-order valence-electron chi connectivity index (χ0n) is 10.5. The zero-order valence-corrected chi connectivity index (χ0v) is 12.0. The fraction of sp³-hybridized carbons (Fsp3) is 0.0714. The molecule has 2 aromatic carbocycles. The summed E-state index contributed by atoms with van der Waals surface area (Å²) in [4.78, 5) is 10.5. The maximum absolute atomic E-state index is 11.0. The van der Waals surface area contributed by atoms with Gasteiger partial charge in [0.1, 0.15) is 5.75 Å². The van der Waals surface area contributed by atoms with Crippen molar-refractivity contribution in [3.05, 3.63) is 62.1 Å². The predicted octanol–water partition coefficient (Wildman–Crippen LogP) is 4.33. The number of hydrogen-bond donors (Lipinski definition) is 0. The maximum atomic E-state index is 11.0. The molecule has 6 heteroatoms. The predicted molar refractivity (Wildman–Crippen MR) is 76.8 cm³/mol. The van der Waals surface area contributed by atoms with Gasteiger partial charge in [-0.05, 0) is 42.8 Å². The van der Waals surface area contributed by atoms with Crippen molar-refractivity contribution in [2.24, 2.45) is 0 Å². The van der Waals surface area contributed by atoms with Crippen LogP contribution in [0.15, 0.2) is 40.9 Å². The molecule has 0 radical (unpaired) electrons. The monoisotopic (exact) mass is 332 g/mol. The molecule has 0 bridgehead atoms. The van der Waals surface area contributed by atoms with Gasteiger partial charge in [0.2, 0.25) is 5.75 Å². The van der Waals surface area contributed by atoms with E-state index in [-0.39, 0.29) is 11.4 Å². The Morgan fingerprint density at radius 2 is 1.95 bits per heavy atom. The summed E-state index contributed by atoms with van der Waals surface area (Å²) in [6.45, 7) is 1.78. The molecule has 20 heavy (non-hydrogen) atoms. The third-order valence-corrected chi connectivity index (χ3v) is 3.13. The number of nitro benzene ring substituents is 1. The molecule has 100 valence electrons. The van der Waals surface area contributed by atoms with Gasteiger partial charge in [0.15, 0.2) is 0 Å². The van der Waals surface area contributed by atoms with E-state index in [1.54, 1.807) is 31.2 Å². The smallest absolute Gasteiger partial charge is 0.312 e. The highest BCUT2D eigenvalue weighted by atomic mass is 79.9. The van der Waals surface area contributed by atoms with Crippen LogP contribution in [0.5, 0.6) is 11.5 Å². The standard InChI is InChI=1S/C14H9BrN2O3/c1-9-6-10(8-16)2-4-13(9)20-14-5-3-11(15)7-12(14)17(18)19/h2-7H,1H3. The molecule has 0 spiro atoms. The van der Waals surface area contributed by atoms with Gasteiger partial charge in [-0.1, -0.05) is 15.9 Å². The van der Waals surface area contributed by atoms with Gasteiger partial charge in [0.05, 0.1) is 16.6 Å². The quantitative estimate of drug-likeness (QED) is 0.619. The second kappa shape index (κ2) is 5.72. The van der Waals surface area contributed by atoms with Crippen molar-refractivity contribution in [3.63, 3.8) is 0 Å². The molecule has 0 saturated heterocycles.